The van der Waals surface area contributed by atoms with E-state index in [0.29, 0.717) is 11.0 Å². The largest absolute Gasteiger partial charge is 0.351 e. The topological polar surface area (TPSA) is 66.9 Å². The van der Waals surface area contributed by atoms with Crippen LogP contribution in [0.2, 0.25) is 0 Å². The summed E-state index contributed by atoms with van der Waals surface area (Å²) in [6.07, 6.45) is 0. The molecule has 1 aromatic rings. The Labute approximate surface area is 106 Å². The number of carbonyl (C=O) groups excluding carboxylic acids is 1. The zero-order valence-electron chi connectivity index (χ0n) is 11.0. The van der Waals surface area contributed by atoms with Crippen LogP contribution in [0.5, 0.6) is 0 Å². The van der Waals surface area contributed by atoms with Crippen LogP contribution in [-0.2, 0) is 4.79 Å². The van der Waals surface area contributed by atoms with Gasteiger partial charge >= 0.3 is 0 Å². The Hall–Kier alpha value is -1.17. The van der Waals surface area contributed by atoms with Gasteiger partial charge < -0.3 is 10.6 Å². The molecule has 0 bridgehead atoms. The lowest BCUT2D eigenvalue weighted by Gasteiger charge is -2.20. The maximum absolute atomic E-state index is 11.6. The van der Waals surface area contributed by atoms with E-state index >= 15 is 0 Å². The minimum atomic E-state index is -0.205. The van der Waals surface area contributed by atoms with E-state index in [1.165, 1.54) is 11.5 Å². The van der Waals surface area contributed by atoms with Gasteiger partial charge in [-0.05, 0) is 20.8 Å². The minimum Gasteiger partial charge on any atom is -0.351 e. The van der Waals surface area contributed by atoms with Crippen LogP contribution >= 0.6 is 11.5 Å². The third kappa shape index (κ3) is 5.12. The molecule has 0 spiro atoms. The van der Waals surface area contributed by atoms with Crippen molar-refractivity contribution in [1.82, 2.24) is 14.7 Å². The third-order valence-electron chi connectivity index (χ3n) is 1.87. The van der Waals surface area contributed by atoms with E-state index in [-0.39, 0.29) is 18.0 Å². The van der Waals surface area contributed by atoms with Crippen molar-refractivity contribution >= 4 is 22.6 Å². The number of rotatable bonds is 4. The molecule has 0 aliphatic heterocycles. The van der Waals surface area contributed by atoms with E-state index in [1.807, 2.05) is 34.6 Å². The highest BCUT2D eigenvalue weighted by Crippen LogP contribution is 2.16. The fourth-order valence-corrected chi connectivity index (χ4v) is 1.86. The van der Waals surface area contributed by atoms with Gasteiger partial charge in [0.05, 0.1) is 6.54 Å². The van der Waals surface area contributed by atoms with Crippen LogP contribution in [0.1, 0.15) is 46.4 Å². The average Bonchev–Trinajstić information content (AvgIpc) is 2.60. The summed E-state index contributed by atoms with van der Waals surface area (Å²) in [5.41, 5.74) is -0.205. The fourth-order valence-electron chi connectivity index (χ4n) is 1.16. The summed E-state index contributed by atoms with van der Waals surface area (Å²) >= 11 is 1.29. The molecule has 1 amide bonds. The number of nitrogens with zero attached hydrogens (tertiary/aromatic N) is 2. The molecule has 0 aliphatic rings. The molecule has 1 heterocycles. The predicted octanol–water partition coefficient (Wildman–Crippen LogP) is 1.99. The highest BCUT2D eigenvalue weighted by Gasteiger charge is 2.14. The first-order valence-corrected chi connectivity index (χ1v) is 6.44. The lowest BCUT2D eigenvalue weighted by molar-refractivity contribution is -0.120. The Morgan fingerprint density at radius 1 is 1.41 bits per heavy atom. The van der Waals surface area contributed by atoms with Crippen LogP contribution < -0.4 is 10.6 Å². The predicted molar refractivity (Wildman–Crippen MR) is 70.4 cm³/mol. The summed E-state index contributed by atoms with van der Waals surface area (Å²) in [4.78, 5) is 15.8. The Bertz CT molecular complexity index is 381. The van der Waals surface area contributed by atoms with E-state index in [2.05, 4.69) is 20.0 Å². The van der Waals surface area contributed by atoms with Gasteiger partial charge in [-0.3, -0.25) is 4.79 Å². The number of amides is 1. The monoisotopic (exact) mass is 256 g/mol. The molecule has 2 N–H and O–H groups in total. The van der Waals surface area contributed by atoms with E-state index in [9.17, 15) is 4.79 Å². The lowest BCUT2D eigenvalue weighted by atomic mass is 10.1. The summed E-state index contributed by atoms with van der Waals surface area (Å²) in [5.74, 6) is 1.08. The van der Waals surface area contributed by atoms with Gasteiger partial charge in [-0.1, -0.05) is 13.8 Å². The summed E-state index contributed by atoms with van der Waals surface area (Å²) in [6, 6.07) is 0. The zero-order valence-corrected chi connectivity index (χ0v) is 11.8. The van der Waals surface area contributed by atoms with Gasteiger partial charge in [-0.2, -0.15) is 4.37 Å². The molecule has 0 saturated carbocycles. The molecular weight excluding hydrogens is 236 g/mol. The van der Waals surface area contributed by atoms with Gasteiger partial charge in [0.1, 0.15) is 5.82 Å². The van der Waals surface area contributed by atoms with E-state index in [0.717, 1.165) is 5.82 Å². The molecule has 0 aliphatic carbocycles. The average molecular weight is 256 g/mol. The molecule has 96 valence electrons. The number of aromatic nitrogens is 2. The molecule has 0 atom stereocenters. The smallest absolute Gasteiger partial charge is 0.239 e. The van der Waals surface area contributed by atoms with Crippen LogP contribution in [-0.4, -0.2) is 27.3 Å². The second kappa shape index (κ2) is 5.44. The maximum atomic E-state index is 11.6. The van der Waals surface area contributed by atoms with Crippen molar-refractivity contribution in [3.63, 3.8) is 0 Å². The molecule has 1 rings (SSSR count). The van der Waals surface area contributed by atoms with Gasteiger partial charge in [-0.25, -0.2) is 4.98 Å². The molecule has 0 radical (unpaired) electrons. The number of nitrogens with one attached hydrogen (secondary N) is 2. The molecule has 6 heteroatoms. The second-order valence-corrected chi connectivity index (χ2v) is 6.02. The van der Waals surface area contributed by atoms with Crippen LogP contribution in [0.25, 0.3) is 0 Å². The normalized spacial score (nSPS) is 11.6. The molecule has 5 nitrogen and oxygen atoms in total. The molecule has 1 aromatic heterocycles. The van der Waals surface area contributed by atoms with Crippen molar-refractivity contribution in [3.05, 3.63) is 5.82 Å². The van der Waals surface area contributed by atoms with E-state index in [1.54, 1.807) is 0 Å². The van der Waals surface area contributed by atoms with Crippen LogP contribution in [0.4, 0.5) is 5.13 Å². The fraction of sp³-hybridized carbons (Fsp3) is 0.727. The Morgan fingerprint density at radius 3 is 2.53 bits per heavy atom. The Balaban J connectivity index is 2.42. The first-order valence-electron chi connectivity index (χ1n) is 5.66. The maximum Gasteiger partial charge on any atom is 0.239 e. The molecule has 0 fully saturated rings. The van der Waals surface area contributed by atoms with Crippen molar-refractivity contribution in [2.45, 2.75) is 46.1 Å². The summed E-state index contributed by atoms with van der Waals surface area (Å²) < 4.78 is 4.20. The van der Waals surface area contributed by atoms with E-state index in [4.69, 9.17) is 0 Å². The van der Waals surface area contributed by atoms with Crippen molar-refractivity contribution in [3.8, 4) is 0 Å². The molecule has 17 heavy (non-hydrogen) atoms. The standard InChI is InChI=1S/C11H20N4OS/c1-7(2)9-13-10(17-15-9)12-6-8(16)14-11(3,4)5/h7H,6H2,1-5H3,(H,14,16)(H,12,13,15). The van der Waals surface area contributed by atoms with Crippen molar-refractivity contribution in [2.24, 2.45) is 0 Å². The quantitative estimate of drug-likeness (QED) is 0.864. The number of hydrogen-bond acceptors (Lipinski definition) is 5. The Kier molecular flexibility index (Phi) is 4.45. The van der Waals surface area contributed by atoms with Gasteiger partial charge in [0.25, 0.3) is 0 Å². The summed E-state index contributed by atoms with van der Waals surface area (Å²) in [7, 11) is 0. The highest BCUT2D eigenvalue weighted by atomic mass is 32.1. The third-order valence-corrected chi connectivity index (χ3v) is 2.56. The lowest BCUT2D eigenvalue weighted by Crippen LogP contribution is -2.43. The number of carbonyl (C=O) groups is 1. The van der Waals surface area contributed by atoms with Crippen LogP contribution in [0.15, 0.2) is 0 Å². The Morgan fingerprint density at radius 2 is 2.06 bits per heavy atom. The number of hydrogen-bond donors (Lipinski definition) is 2. The molecule has 0 saturated heterocycles. The van der Waals surface area contributed by atoms with E-state index < -0.39 is 0 Å². The summed E-state index contributed by atoms with van der Waals surface area (Å²) in [6.45, 7) is 10.2. The van der Waals surface area contributed by atoms with Crippen molar-refractivity contribution < 1.29 is 4.79 Å². The molecular formula is C11H20N4OS. The SMILES string of the molecule is CC(C)c1nsc(NCC(=O)NC(C)(C)C)n1. The van der Waals surface area contributed by atoms with Gasteiger partial charge in [-0.15, -0.1) is 0 Å². The van der Waals surface area contributed by atoms with Gasteiger partial charge in [0, 0.05) is 23.0 Å². The van der Waals surface area contributed by atoms with Gasteiger partial charge in [0.2, 0.25) is 11.0 Å². The first kappa shape index (κ1) is 13.9. The molecule has 0 aromatic carbocycles. The van der Waals surface area contributed by atoms with Gasteiger partial charge in [0.15, 0.2) is 0 Å². The first-order chi connectivity index (χ1) is 7.78. The zero-order chi connectivity index (χ0) is 13.1. The van der Waals surface area contributed by atoms with Crippen molar-refractivity contribution in [1.29, 1.82) is 0 Å². The van der Waals surface area contributed by atoms with Crippen LogP contribution in [0, 0.1) is 0 Å². The van der Waals surface area contributed by atoms with Crippen molar-refractivity contribution in [2.75, 3.05) is 11.9 Å². The number of anilines is 1. The highest BCUT2D eigenvalue weighted by molar-refractivity contribution is 7.09. The van der Waals surface area contributed by atoms with Crippen LogP contribution in [0.3, 0.4) is 0 Å². The second-order valence-electron chi connectivity index (χ2n) is 5.26. The minimum absolute atomic E-state index is 0.0428. The molecule has 0 unspecified atom stereocenters. The summed E-state index contributed by atoms with van der Waals surface area (Å²) in [5, 5.41) is 6.54.